The fourth-order valence-electron chi connectivity index (χ4n) is 2.33. The summed E-state index contributed by atoms with van der Waals surface area (Å²) in [5.74, 6) is -0.721. The van der Waals surface area contributed by atoms with Gasteiger partial charge in [-0.05, 0) is 54.8 Å². The second-order valence-electron chi connectivity index (χ2n) is 5.41. The van der Waals surface area contributed by atoms with Crippen molar-refractivity contribution in [1.29, 1.82) is 0 Å². The molecule has 25 heavy (non-hydrogen) atoms. The van der Waals surface area contributed by atoms with Gasteiger partial charge in [0.1, 0.15) is 17.5 Å². The zero-order valence-electron chi connectivity index (χ0n) is 14.1. The van der Waals surface area contributed by atoms with Crippen molar-refractivity contribution in [3.05, 3.63) is 70.5 Å². The van der Waals surface area contributed by atoms with Gasteiger partial charge in [0.15, 0.2) is 5.96 Å². The van der Waals surface area contributed by atoms with Crippen molar-refractivity contribution in [2.45, 2.75) is 19.9 Å². The minimum atomic E-state index is -0.483. The summed E-state index contributed by atoms with van der Waals surface area (Å²) in [7, 11) is 1.60. The van der Waals surface area contributed by atoms with E-state index in [4.69, 9.17) is 0 Å². The standard InChI is InChI=1S/C18H20F3N3.HI/c1-12-9-15(19)4-3-13(12)7-8-23-18(22-2)24-11-14-10-16(20)5-6-17(14)21;/h3-6,9-10H,7-8,11H2,1-2H3,(H2,22,23,24);1H. The second kappa shape index (κ2) is 10.3. The van der Waals surface area contributed by atoms with Crippen molar-refractivity contribution < 1.29 is 13.2 Å². The van der Waals surface area contributed by atoms with Gasteiger partial charge in [0, 0.05) is 25.7 Å². The largest absolute Gasteiger partial charge is 0.356 e. The smallest absolute Gasteiger partial charge is 0.191 e. The van der Waals surface area contributed by atoms with Crippen LogP contribution in [0.2, 0.25) is 0 Å². The van der Waals surface area contributed by atoms with Gasteiger partial charge in [0.05, 0.1) is 0 Å². The van der Waals surface area contributed by atoms with Gasteiger partial charge >= 0.3 is 0 Å². The molecule has 2 rings (SSSR count). The Kier molecular flexibility index (Phi) is 8.74. The highest BCUT2D eigenvalue weighted by Crippen LogP contribution is 2.11. The number of benzene rings is 2. The Morgan fingerprint density at radius 2 is 1.64 bits per heavy atom. The SMILES string of the molecule is CN=C(NCCc1ccc(F)cc1C)NCc1cc(F)ccc1F.I. The molecule has 0 bridgehead atoms. The van der Waals surface area contributed by atoms with Crippen molar-refractivity contribution in [1.82, 2.24) is 10.6 Å². The summed E-state index contributed by atoms with van der Waals surface area (Å²) < 4.78 is 39.8. The van der Waals surface area contributed by atoms with Gasteiger partial charge in [-0.3, -0.25) is 4.99 Å². The van der Waals surface area contributed by atoms with Crippen LogP contribution in [0.15, 0.2) is 41.4 Å². The Morgan fingerprint density at radius 1 is 0.960 bits per heavy atom. The zero-order valence-corrected chi connectivity index (χ0v) is 16.4. The average Bonchev–Trinajstić information content (AvgIpc) is 2.55. The Morgan fingerprint density at radius 3 is 2.32 bits per heavy atom. The molecule has 0 atom stereocenters. The van der Waals surface area contributed by atoms with E-state index in [0.29, 0.717) is 18.9 Å². The van der Waals surface area contributed by atoms with Crippen molar-refractivity contribution in [2.24, 2.45) is 4.99 Å². The van der Waals surface area contributed by atoms with Crippen LogP contribution in [-0.4, -0.2) is 19.6 Å². The highest BCUT2D eigenvalue weighted by Gasteiger charge is 2.06. The summed E-state index contributed by atoms with van der Waals surface area (Å²) in [4.78, 5) is 4.04. The monoisotopic (exact) mass is 463 g/mol. The lowest BCUT2D eigenvalue weighted by atomic mass is 10.1. The first kappa shape index (κ1) is 21.3. The number of guanidine groups is 1. The fraction of sp³-hybridized carbons (Fsp3) is 0.278. The van der Waals surface area contributed by atoms with Crippen LogP contribution in [0.3, 0.4) is 0 Å². The number of aryl methyl sites for hydroxylation is 1. The van der Waals surface area contributed by atoms with Gasteiger partial charge in [-0.2, -0.15) is 0 Å². The minimum absolute atomic E-state index is 0. The van der Waals surface area contributed by atoms with Crippen molar-refractivity contribution in [3.63, 3.8) is 0 Å². The summed E-state index contributed by atoms with van der Waals surface area (Å²) in [5.41, 5.74) is 2.16. The van der Waals surface area contributed by atoms with E-state index in [9.17, 15) is 13.2 Å². The third kappa shape index (κ3) is 6.56. The molecule has 0 spiro atoms. The van der Waals surface area contributed by atoms with Gasteiger partial charge < -0.3 is 10.6 Å². The molecule has 0 amide bonds. The highest BCUT2D eigenvalue weighted by atomic mass is 127. The topological polar surface area (TPSA) is 36.4 Å². The van der Waals surface area contributed by atoms with Gasteiger partial charge in [-0.15, -0.1) is 24.0 Å². The highest BCUT2D eigenvalue weighted by molar-refractivity contribution is 14.0. The quantitative estimate of drug-likeness (QED) is 0.401. The van der Waals surface area contributed by atoms with Crippen LogP contribution in [0.5, 0.6) is 0 Å². The second-order valence-corrected chi connectivity index (χ2v) is 5.41. The summed E-state index contributed by atoms with van der Waals surface area (Å²) >= 11 is 0. The number of nitrogens with zero attached hydrogens (tertiary/aromatic N) is 1. The number of nitrogens with one attached hydrogen (secondary N) is 2. The fourth-order valence-corrected chi connectivity index (χ4v) is 2.33. The number of hydrogen-bond donors (Lipinski definition) is 2. The molecule has 0 aromatic heterocycles. The molecule has 2 aromatic rings. The van der Waals surface area contributed by atoms with E-state index in [1.807, 2.05) is 6.92 Å². The summed E-state index contributed by atoms with van der Waals surface area (Å²) in [6, 6.07) is 8.01. The predicted molar refractivity (Wildman–Crippen MR) is 105 cm³/mol. The Labute approximate surface area is 162 Å². The summed E-state index contributed by atoms with van der Waals surface area (Å²) in [6.45, 7) is 2.56. The first-order valence-electron chi connectivity index (χ1n) is 7.63. The summed E-state index contributed by atoms with van der Waals surface area (Å²) in [6.07, 6.45) is 0.696. The Balaban J connectivity index is 0.00000312. The van der Waals surface area contributed by atoms with E-state index >= 15 is 0 Å². The molecular formula is C18H21F3IN3. The van der Waals surface area contributed by atoms with Crippen LogP contribution in [0.4, 0.5) is 13.2 Å². The van der Waals surface area contributed by atoms with Crippen molar-refractivity contribution in [2.75, 3.05) is 13.6 Å². The van der Waals surface area contributed by atoms with E-state index in [-0.39, 0.29) is 41.9 Å². The lowest BCUT2D eigenvalue weighted by molar-refractivity contribution is 0.581. The molecule has 0 heterocycles. The normalized spacial score (nSPS) is 11.0. The molecule has 0 fully saturated rings. The number of halogens is 4. The molecule has 136 valence electrons. The number of aliphatic imine (C=N–C) groups is 1. The Bertz CT molecular complexity index is 736. The Hall–Kier alpha value is -1.77. The number of rotatable bonds is 5. The molecule has 7 heteroatoms. The van der Waals surface area contributed by atoms with Crippen LogP contribution in [0, 0.1) is 24.4 Å². The lowest BCUT2D eigenvalue weighted by Gasteiger charge is -2.13. The summed E-state index contributed by atoms with van der Waals surface area (Å²) in [5, 5.41) is 6.03. The average molecular weight is 463 g/mol. The maximum absolute atomic E-state index is 13.6. The van der Waals surface area contributed by atoms with Crippen molar-refractivity contribution >= 4 is 29.9 Å². The molecule has 0 aliphatic rings. The molecule has 0 unspecified atom stereocenters. The molecule has 0 aliphatic carbocycles. The van der Waals surface area contributed by atoms with Gasteiger partial charge in [0.25, 0.3) is 0 Å². The van der Waals surface area contributed by atoms with Crippen LogP contribution < -0.4 is 10.6 Å². The van der Waals surface area contributed by atoms with Gasteiger partial charge in [0.2, 0.25) is 0 Å². The molecule has 0 saturated heterocycles. The number of hydrogen-bond acceptors (Lipinski definition) is 1. The predicted octanol–water partition coefficient (Wildman–Crippen LogP) is 3.94. The molecule has 0 radical (unpaired) electrons. The molecule has 0 aliphatic heterocycles. The first-order chi connectivity index (χ1) is 11.5. The molecular weight excluding hydrogens is 442 g/mol. The van der Waals surface area contributed by atoms with Crippen molar-refractivity contribution in [3.8, 4) is 0 Å². The third-order valence-corrected chi connectivity index (χ3v) is 3.67. The maximum Gasteiger partial charge on any atom is 0.191 e. The lowest BCUT2D eigenvalue weighted by Crippen LogP contribution is -2.38. The van der Waals surface area contributed by atoms with Crippen LogP contribution in [0.25, 0.3) is 0 Å². The first-order valence-corrected chi connectivity index (χ1v) is 7.63. The minimum Gasteiger partial charge on any atom is -0.356 e. The van der Waals surface area contributed by atoms with Crippen LogP contribution >= 0.6 is 24.0 Å². The third-order valence-electron chi connectivity index (χ3n) is 3.67. The van der Waals surface area contributed by atoms with Crippen LogP contribution in [-0.2, 0) is 13.0 Å². The molecule has 2 N–H and O–H groups in total. The zero-order chi connectivity index (χ0) is 17.5. The maximum atomic E-state index is 13.6. The molecule has 2 aromatic carbocycles. The van der Waals surface area contributed by atoms with E-state index in [1.165, 1.54) is 12.1 Å². The van der Waals surface area contributed by atoms with Gasteiger partial charge in [-0.1, -0.05) is 6.07 Å². The van der Waals surface area contributed by atoms with E-state index in [0.717, 1.165) is 29.3 Å². The molecule has 0 saturated carbocycles. The molecule has 3 nitrogen and oxygen atoms in total. The van der Waals surface area contributed by atoms with E-state index in [2.05, 4.69) is 15.6 Å². The van der Waals surface area contributed by atoms with E-state index < -0.39 is 11.6 Å². The van der Waals surface area contributed by atoms with Gasteiger partial charge in [-0.25, -0.2) is 13.2 Å². The van der Waals surface area contributed by atoms with E-state index in [1.54, 1.807) is 13.1 Å². The van der Waals surface area contributed by atoms with Crippen LogP contribution in [0.1, 0.15) is 16.7 Å².